The number of nitrogens with zero attached hydrogens (tertiary/aromatic N) is 1. The van der Waals surface area contributed by atoms with E-state index >= 15 is 0 Å². The van der Waals surface area contributed by atoms with E-state index in [1.807, 2.05) is 0 Å². The van der Waals surface area contributed by atoms with Crippen LogP contribution in [0.1, 0.15) is 5.69 Å². The number of hydrogen-bond acceptors (Lipinski definition) is 2. The number of pyridine rings is 1. The van der Waals surface area contributed by atoms with Crippen LogP contribution in [0.25, 0.3) is 0 Å². The molecule has 7 heteroatoms. The molecule has 1 heterocycles. The Balaban J connectivity index is 3.25. The number of carboxylic acid groups (broad SMARTS) is 1. The van der Waals surface area contributed by atoms with Crippen LogP contribution in [0.15, 0.2) is 4.47 Å². The Labute approximate surface area is 84.7 Å². The second-order valence-electron chi connectivity index (χ2n) is 2.36. The Kier molecular flexibility index (Phi) is 3.10. The molecule has 1 rings (SSSR count). The van der Waals surface area contributed by atoms with Gasteiger partial charge in [-0.3, -0.25) is 4.79 Å². The Morgan fingerprint density at radius 1 is 1.36 bits per heavy atom. The fraction of sp³-hybridized carbons (Fsp3) is 0.143. The van der Waals surface area contributed by atoms with Gasteiger partial charge in [-0.25, -0.2) is 13.8 Å². The minimum Gasteiger partial charge on any atom is -0.481 e. The second-order valence-corrected chi connectivity index (χ2v) is 3.15. The lowest BCUT2D eigenvalue weighted by molar-refractivity contribution is -0.136. The summed E-state index contributed by atoms with van der Waals surface area (Å²) in [7, 11) is 0. The maximum Gasteiger partial charge on any atom is 0.309 e. The van der Waals surface area contributed by atoms with Crippen molar-refractivity contribution in [1.82, 2.24) is 4.98 Å². The molecule has 0 aromatic carbocycles. The highest BCUT2D eigenvalue weighted by Crippen LogP contribution is 2.23. The van der Waals surface area contributed by atoms with Crippen molar-refractivity contribution in [3.8, 4) is 0 Å². The molecule has 14 heavy (non-hydrogen) atoms. The average molecular weight is 270 g/mol. The van der Waals surface area contributed by atoms with Crippen LogP contribution < -0.4 is 0 Å². The fourth-order valence-electron chi connectivity index (χ4n) is 0.791. The van der Waals surface area contributed by atoms with E-state index in [2.05, 4.69) is 20.9 Å². The lowest BCUT2D eigenvalue weighted by Crippen LogP contribution is -2.08. The summed E-state index contributed by atoms with van der Waals surface area (Å²) in [6.07, 6.45) is -0.804. The van der Waals surface area contributed by atoms with Gasteiger partial charge >= 0.3 is 5.97 Å². The standard InChI is InChI=1S/C7H3BrF3NO2/c8-4-5(9)2(1-3(13)14)12-7(11)6(4)10/h1H2,(H,13,14). The second kappa shape index (κ2) is 3.95. The molecule has 3 nitrogen and oxygen atoms in total. The van der Waals surface area contributed by atoms with Gasteiger partial charge in [-0.2, -0.15) is 4.39 Å². The molecule has 0 spiro atoms. The van der Waals surface area contributed by atoms with Gasteiger partial charge in [-0.1, -0.05) is 0 Å². The van der Waals surface area contributed by atoms with Gasteiger partial charge in [0.25, 0.3) is 5.95 Å². The van der Waals surface area contributed by atoms with Gasteiger partial charge in [-0.15, -0.1) is 0 Å². The molecule has 1 aromatic rings. The highest BCUT2D eigenvalue weighted by atomic mass is 79.9. The summed E-state index contributed by atoms with van der Waals surface area (Å²) in [5.74, 6) is -5.59. The van der Waals surface area contributed by atoms with Gasteiger partial charge < -0.3 is 5.11 Å². The number of rotatable bonds is 2. The van der Waals surface area contributed by atoms with E-state index in [0.29, 0.717) is 0 Å². The van der Waals surface area contributed by atoms with Crippen molar-refractivity contribution in [2.45, 2.75) is 6.42 Å². The van der Waals surface area contributed by atoms with Crippen molar-refractivity contribution < 1.29 is 23.1 Å². The van der Waals surface area contributed by atoms with E-state index in [1.165, 1.54) is 0 Å². The van der Waals surface area contributed by atoms with Crippen molar-refractivity contribution in [2.24, 2.45) is 0 Å². The monoisotopic (exact) mass is 269 g/mol. The number of carbonyl (C=O) groups is 1. The Hall–Kier alpha value is -1.11. The third-order valence-corrected chi connectivity index (χ3v) is 2.07. The summed E-state index contributed by atoms with van der Waals surface area (Å²) in [6.45, 7) is 0. The topological polar surface area (TPSA) is 50.2 Å². The van der Waals surface area contributed by atoms with E-state index < -0.39 is 40.1 Å². The highest BCUT2D eigenvalue weighted by molar-refractivity contribution is 9.10. The first-order valence-electron chi connectivity index (χ1n) is 3.34. The molecule has 0 radical (unpaired) electrons. The number of carboxylic acids is 1. The molecule has 0 atom stereocenters. The predicted molar refractivity (Wildman–Crippen MR) is 43.2 cm³/mol. The molecular formula is C7H3BrF3NO2. The maximum atomic E-state index is 13.0. The summed E-state index contributed by atoms with van der Waals surface area (Å²) in [5.41, 5.74) is -0.650. The predicted octanol–water partition coefficient (Wildman–Crippen LogP) is 1.89. The van der Waals surface area contributed by atoms with Crippen LogP contribution in [0.5, 0.6) is 0 Å². The molecule has 0 bridgehead atoms. The molecule has 1 N–H and O–H groups in total. The molecule has 0 amide bonds. The SMILES string of the molecule is O=C(O)Cc1nc(F)c(F)c(Br)c1F. The molecular weight excluding hydrogens is 267 g/mol. The van der Waals surface area contributed by atoms with Crippen molar-refractivity contribution >= 4 is 21.9 Å². The average Bonchev–Trinajstić information content (AvgIpc) is 2.10. The van der Waals surface area contributed by atoms with Crippen molar-refractivity contribution in [3.63, 3.8) is 0 Å². The molecule has 0 saturated carbocycles. The first-order chi connectivity index (χ1) is 6.43. The zero-order chi connectivity index (χ0) is 10.9. The largest absolute Gasteiger partial charge is 0.481 e. The normalized spacial score (nSPS) is 10.3. The van der Waals surface area contributed by atoms with Crippen molar-refractivity contribution in [3.05, 3.63) is 27.7 Å². The van der Waals surface area contributed by atoms with E-state index in [4.69, 9.17) is 5.11 Å². The minimum absolute atomic E-state index is 0.650. The molecule has 0 unspecified atom stereocenters. The van der Waals surface area contributed by atoms with Crippen LogP contribution in [0.3, 0.4) is 0 Å². The highest BCUT2D eigenvalue weighted by Gasteiger charge is 2.19. The lowest BCUT2D eigenvalue weighted by atomic mass is 10.2. The molecule has 0 aliphatic rings. The molecule has 1 aromatic heterocycles. The molecule has 76 valence electrons. The zero-order valence-corrected chi connectivity index (χ0v) is 8.11. The zero-order valence-electron chi connectivity index (χ0n) is 6.52. The van der Waals surface area contributed by atoms with Gasteiger partial charge in [0.05, 0.1) is 16.6 Å². The minimum atomic E-state index is -1.53. The van der Waals surface area contributed by atoms with Crippen LogP contribution in [0.2, 0.25) is 0 Å². The van der Waals surface area contributed by atoms with Gasteiger partial charge in [0.1, 0.15) is 0 Å². The molecule has 0 aliphatic carbocycles. The first-order valence-corrected chi connectivity index (χ1v) is 4.13. The molecule has 0 aliphatic heterocycles. The quantitative estimate of drug-likeness (QED) is 0.835. The number of aliphatic carboxylic acids is 1. The van der Waals surface area contributed by atoms with Crippen molar-refractivity contribution in [2.75, 3.05) is 0 Å². The van der Waals surface area contributed by atoms with E-state index in [0.717, 1.165) is 0 Å². The van der Waals surface area contributed by atoms with Crippen LogP contribution >= 0.6 is 15.9 Å². The number of aromatic nitrogens is 1. The first kappa shape index (κ1) is 11.0. The van der Waals surface area contributed by atoms with Crippen LogP contribution in [0.4, 0.5) is 13.2 Å². The van der Waals surface area contributed by atoms with Gasteiger partial charge in [0.15, 0.2) is 11.6 Å². The Bertz CT molecular complexity index is 397. The summed E-state index contributed by atoms with van der Waals surface area (Å²) in [6, 6.07) is 0. The Morgan fingerprint density at radius 3 is 2.43 bits per heavy atom. The van der Waals surface area contributed by atoms with E-state index in [9.17, 15) is 18.0 Å². The van der Waals surface area contributed by atoms with Crippen LogP contribution in [-0.4, -0.2) is 16.1 Å². The van der Waals surface area contributed by atoms with Crippen LogP contribution in [0, 0.1) is 17.6 Å². The summed E-state index contributed by atoms with van der Waals surface area (Å²) in [5, 5.41) is 8.30. The van der Waals surface area contributed by atoms with Crippen molar-refractivity contribution in [1.29, 1.82) is 0 Å². The van der Waals surface area contributed by atoms with Gasteiger partial charge in [0, 0.05) is 0 Å². The third-order valence-electron chi connectivity index (χ3n) is 1.37. The number of hydrogen-bond donors (Lipinski definition) is 1. The summed E-state index contributed by atoms with van der Waals surface area (Å²) < 4.78 is 37.5. The van der Waals surface area contributed by atoms with E-state index in [1.54, 1.807) is 0 Å². The molecule has 0 fully saturated rings. The summed E-state index contributed by atoms with van der Waals surface area (Å²) >= 11 is 2.45. The third kappa shape index (κ3) is 2.03. The van der Waals surface area contributed by atoms with Crippen LogP contribution in [-0.2, 0) is 11.2 Å². The Morgan fingerprint density at radius 2 is 1.93 bits per heavy atom. The van der Waals surface area contributed by atoms with Gasteiger partial charge in [0.2, 0.25) is 0 Å². The smallest absolute Gasteiger partial charge is 0.309 e. The summed E-state index contributed by atoms with van der Waals surface area (Å²) in [4.78, 5) is 13.0. The lowest BCUT2D eigenvalue weighted by Gasteiger charge is -2.02. The number of halogens is 4. The molecule has 0 saturated heterocycles. The maximum absolute atomic E-state index is 13.0. The fourth-order valence-corrected chi connectivity index (χ4v) is 1.18. The van der Waals surface area contributed by atoms with Gasteiger partial charge in [-0.05, 0) is 15.9 Å². The van der Waals surface area contributed by atoms with E-state index in [-0.39, 0.29) is 0 Å².